The predicted octanol–water partition coefficient (Wildman–Crippen LogP) is 0.311. The summed E-state index contributed by atoms with van der Waals surface area (Å²) < 4.78 is 27.9. The molecule has 0 bridgehead atoms. The number of nitrogens with two attached hydrogens (primary N) is 1. The maximum atomic E-state index is 11.7. The minimum Gasteiger partial charge on any atom is -0.383 e. The normalized spacial score (nSPS) is 13.1. The summed E-state index contributed by atoms with van der Waals surface area (Å²) in [6, 6.07) is 3.88. The van der Waals surface area contributed by atoms with Gasteiger partial charge in [0.1, 0.15) is 6.04 Å². The van der Waals surface area contributed by atoms with E-state index in [4.69, 9.17) is 10.5 Å². The summed E-state index contributed by atoms with van der Waals surface area (Å²) in [6.07, 6.45) is 1.12. The van der Waals surface area contributed by atoms with Gasteiger partial charge in [-0.15, -0.1) is 0 Å². The smallest absolute Gasteiger partial charge is 0.243 e. The number of nitrogens with one attached hydrogen (secondary N) is 1. The molecule has 0 spiro atoms. The van der Waals surface area contributed by atoms with Crippen LogP contribution in [0.15, 0.2) is 23.1 Å². The van der Waals surface area contributed by atoms with E-state index in [1.165, 1.54) is 13.2 Å². The van der Waals surface area contributed by atoms with Gasteiger partial charge in [-0.1, -0.05) is 6.07 Å². The number of benzene rings is 1. The van der Waals surface area contributed by atoms with E-state index in [1.54, 1.807) is 19.1 Å². The number of anilines is 1. The first-order valence-corrected chi connectivity index (χ1v) is 7.51. The third kappa shape index (κ3) is 4.30. The first kappa shape index (κ1) is 15.6. The summed E-state index contributed by atoms with van der Waals surface area (Å²) in [6.45, 7) is 1.79. The van der Waals surface area contributed by atoms with Crippen LogP contribution in [0.4, 0.5) is 5.69 Å². The molecule has 0 saturated carbocycles. The molecule has 1 atom stereocenters. The van der Waals surface area contributed by atoms with Crippen LogP contribution in [0.1, 0.15) is 5.56 Å². The summed E-state index contributed by atoms with van der Waals surface area (Å²) >= 11 is 0. The monoisotopic (exact) mass is 286 g/mol. The maximum Gasteiger partial charge on any atom is 0.243 e. The topological polar surface area (TPSA) is 98.5 Å². The number of methoxy groups -OCH3 is 1. The zero-order valence-corrected chi connectivity index (χ0v) is 12.0. The molecule has 0 aliphatic carbocycles. The van der Waals surface area contributed by atoms with Crippen molar-refractivity contribution in [2.45, 2.75) is 17.9 Å². The molecule has 6 nitrogen and oxygen atoms in total. The molecule has 0 fully saturated rings. The third-order valence-corrected chi connectivity index (χ3v) is 3.78. The van der Waals surface area contributed by atoms with E-state index in [0.717, 1.165) is 6.26 Å². The molecular formula is C12H18N2O4S. The predicted molar refractivity (Wildman–Crippen MR) is 72.8 cm³/mol. The van der Waals surface area contributed by atoms with Gasteiger partial charge >= 0.3 is 0 Å². The first-order valence-electron chi connectivity index (χ1n) is 5.62. The van der Waals surface area contributed by atoms with Crippen LogP contribution < -0.4 is 11.1 Å². The second-order valence-electron chi connectivity index (χ2n) is 4.30. The number of ether oxygens (including phenoxy) is 1. The molecule has 7 heteroatoms. The van der Waals surface area contributed by atoms with Crippen molar-refractivity contribution < 1.29 is 17.9 Å². The molecule has 0 aromatic heterocycles. The van der Waals surface area contributed by atoms with Crippen molar-refractivity contribution in [2.75, 3.05) is 25.3 Å². The van der Waals surface area contributed by atoms with E-state index in [2.05, 4.69) is 5.32 Å². The van der Waals surface area contributed by atoms with Crippen LogP contribution in [0, 0.1) is 6.92 Å². The van der Waals surface area contributed by atoms with Crippen molar-refractivity contribution in [2.24, 2.45) is 5.73 Å². The highest BCUT2D eigenvalue weighted by Gasteiger charge is 2.15. The molecule has 1 aromatic rings. The molecule has 0 heterocycles. The summed E-state index contributed by atoms with van der Waals surface area (Å²) in [5.74, 6) is -0.426. The number of amides is 1. The molecular weight excluding hydrogens is 268 g/mol. The molecule has 106 valence electrons. The fraction of sp³-hybridized carbons (Fsp3) is 0.417. The van der Waals surface area contributed by atoms with Gasteiger partial charge in [0.05, 0.1) is 11.5 Å². The lowest BCUT2D eigenvalue weighted by atomic mass is 10.2. The molecule has 0 aliphatic rings. The molecule has 0 saturated heterocycles. The van der Waals surface area contributed by atoms with E-state index in [-0.39, 0.29) is 11.5 Å². The van der Waals surface area contributed by atoms with Gasteiger partial charge in [-0.25, -0.2) is 8.42 Å². The second-order valence-corrected chi connectivity index (χ2v) is 6.29. The van der Waals surface area contributed by atoms with Crippen LogP contribution in [-0.2, 0) is 19.4 Å². The Kier molecular flexibility index (Phi) is 5.04. The SMILES string of the molecule is COCC(N)C(=O)Nc1ccc(C)c(S(C)(=O)=O)c1. The summed E-state index contributed by atoms with van der Waals surface area (Å²) in [7, 11) is -1.88. The summed E-state index contributed by atoms with van der Waals surface area (Å²) in [4.78, 5) is 11.9. The Balaban J connectivity index is 2.95. The van der Waals surface area contributed by atoms with Gasteiger partial charge in [0.2, 0.25) is 5.91 Å². The largest absolute Gasteiger partial charge is 0.383 e. The molecule has 3 N–H and O–H groups in total. The van der Waals surface area contributed by atoms with Gasteiger partial charge in [-0.3, -0.25) is 4.79 Å². The van der Waals surface area contributed by atoms with Crippen LogP contribution >= 0.6 is 0 Å². The number of sulfone groups is 1. The van der Waals surface area contributed by atoms with Crippen LogP contribution in [-0.4, -0.2) is 40.3 Å². The zero-order chi connectivity index (χ0) is 14.6. The van der Waals surface area contributed by atoms with E-state index < -0.39 is 21.8 Å². The Morgan fingerprint density at radius 2 is 2.11 bits per heavy atom. The fourth-order valence-corrected chi connectivity index (χ4v) is 2.56. The number of carbonyl (C=O) groups excluding carboxylic acids is 1. The van der Waals surface area contributed by atoms with Crippen LogP contribution in [0.2, 0.25) is 0 Å². The van der Waals surface area contributed by atoms with Crippen LogP contribution in [0.25, 0.3) is 0 Å². The van der Waals surface area contributed by atoms with Gasteiger partial charge in [-0.05, 0) is 24.6 Å². The van der Waals surface area contributed by atoms with Crippen molar-refractivity contribution in [3.63, 3.8) is 0 Å². The first-order chi connectivity index (χ1) is 8.75. The Labute approximate surface area is 112 Å². The van der Waals surface area contributed by atoms with Crippen molar-refractivity contribution >= 4 is 21.4 Å². The van der Waals surface area contributed by atoms with Gasteiger partial charge in [-0.2, -0.15) is 0 Å². The van der Waals surface area contributed by atoms with E-state index in [0.29, 0.717) is 11.3 Å². The number of rotatable bonds is 5. The number of hydrogen-bond donors (Lipinski definition) is 2. The highest BCUT2D eigenvalue weighted by atomic mass is 32.2. The molecule has 1 rings (SSSR count). The molecule has 0 aliphatic heterocycles. The Hall–Kier alpha value is -1.44. The highest BCUT2D eigenvalue weighted by Crippen LogP contribution is 2.20. The summed E-state index contributed by atoms with van der Waals surface area (Å²) in [5.41, 5.74) is 6.59. The van der Waals surface area contributed by atoms with Gasteiger partial charge in [0.25, 0.3) is 0 Å². The average Bonchev–Trinajstić information content (AvgIpc) is 2.30. The molecule has 0 radical (unpaired) electrons. The van der Waals surface area contributed by atoms with Gasteiger partial charge in [0, 0.05) is 19.1 Å². The Morgan fingerprint density at radius 1 is 1.47 bits per heavy atom. The standard InChI is InChI=1S/C12H18N2O4S/c1-8-4-5-9(6-11(8)19(3,16)17)14-12(15)10(13)7-18-2/h4-6,10H,7,13H2,1-3H3,(H,14,15). The lowest BCUT2D eigenvalue weighted by molar-refractivity contribution is -0.118. The average molecular weight is 286 g/mol. The Morgan fingerprint density at radius 3 is 2.63 bits per heavy atom. The van der Waals surface area contributed by atoms with E-state index >= 15 is 0 Å². The van der Waals surface area contributed by atoms with Gasteiger partial charge in [0.15, 0.2) is 9.84 Å². The van der Waals surface area contributed by atoms with Crippen LogP contribution in [0.5, 0.6) is 0 Å². The third-order valence-electron chi connectivity index (χ3n) is 2.54. The van der Waals surface area contributed by atoms with Crippen LogP contribution in [0.3, 0.4) is 0 Å². The molecule has 1 aromatic carbocycles. The quantitative estimate of drug-likeness (QED) is 0.811. The number of aryl methyl sites for hydroxylation is 1. The van der Waals surface area contributed by atoms with Crippen molar-refractivity contribution in [3.8, 4) is 0 Å². The van der Waals surface area contributed by atoms with Crippen molar-refractivity contribution in [1.82, 2.24) is 0 Å². The fourth-order valence-electron chi connectivity index (χ4n) is 1.57. The van der Waals surface area contributed by atoms with Crippen molar-refractivity contribution in [3.05, 3.63) is 23.8 Å². The van der Waals surface area contributed by atoms with Crippen molar-refractivity contribution in [1.29, 1.82) is 0 Å². The number of carbonyl (C=O) groups is 1. The van der Waals surface area contributed by atoms with E-state index in [9.17, 15) is 13.2 Å². The maximum absolute atomic E-state index is 11.7. The van der Waals surface area contributed by atoms with Gasteiger partial charge < -0.3 is 15.8 Å². The zero-order valence-electron chi connectivity index (χ0n) is 11.1. The Bertz CT molecular complexity index is 569. The lowest BCUT2D eigenvalue weighted by Gasteiger charge is -2.12. The summed E-state index contributed by atoms with van der Waals surface area (Å²) in [5, 5.41) is 2.56. The minimum absolute atomic E-state index is 0.0939. The number of hydrogen-bond acceptors (Lipinski definition) is 5. The highest BCUT2D eigenvalue weighted by molar-refractivity contribution is 7.90. The molecule has 1 unspecified atom stereocenters. The molecule has 19 heavy (non-hydrogen) atoms. The van der Waals surface area contributed by atoms with E-state index in [1.807, 2.05) is 0 Å². The molecule has 1 amide bonds. The minimum atomic E-state index is -3.33. The second kappa shape index (κ2) is 6.14. The lowest BCUT2D eigenvalue weighted by Crippen LogP contribution is -2.39.